The minimum Gasteiger partial charge on any atom is -0.478 e. The van der Waals surface area contributed by atoms with Gasteiger partial charge < -0.3 is 9.84 Å². The molecule has 1 rings (SSSR count). The van der Waals surface area contributed by atoms with Crippen LogP contribution < -0.4 is 4.74 Å². The lowest BCUT2D eigenvalue weighted by Gasteiger charge is -2.21. The van der Waals surface area contributed by atoms with Gasteiger partial charge in [0.15, 0.2) is 23.1 Å². The highest BCUT2D eigenvalue weighted by molar-refractivity contribution is 5.76. The molecule has 0 spiro atoms. The number of halogens is 3. The first-order valence-corrected chi connectivity index (χ1v) is 4.31. The van der Waals surface area contributed by atoms with E-state index in [4.69, 9.17) is 9.84 Å². The predicted molar refractivity (Wildman–Crippen MR) is 48.7 cm³/mol. The summed E-state index contributed by atoms with van der Waals surface area (Å²) in [4.78, 5) is 10.7. The molecule has 0 saturated heterocycles. The fourth-order valence-corrected chi connectivity index (χ4v) is 0.929. The molecule has 0 amide bonds. The second kappa shape index (κ2) is 4.03. The number of hydrogen-bond acceptors (Lipinski definition) is 2. The zero-order valence-corrected chi connectivity index (χ0v) is 8.55. The third-order valence-electron chi connectivity index (χ3n) is 1.85. The summed E-state index contributed by atoms with van der Waals surface area (Å²) in [6, 6.07) is 1.17. The van der Waals surface area contributed by atoms with E-state index in [0.29, 0.717) is 12.1 Å². The largest absolute Gasteiger partial charge is 0.478 e. The standard InChI is InChI=1S/C10H9F3O3/c1-10(2,9(14)15)16-5-3-6(11)8(13)7(12)4-5/h3-4H,1-2H3,(H,14,15). The number of rotatable bonds is 3. The Kier molecular flexibility index (Phi) is 3.11. The molecule has 1 N–H and O–H groups in total. The van der Waals surface area contributed by atoms with Gasteiger partial charge >= 0.3 is 5.97 Å². The number of carbonyl (C=O) groups is 1. The molecule has 0 aliphatic carbocycles. The lowest BCUT2D eigenvalue weighted by Crippen LogP contribution is -2.37. The Labute approximate surface area is 89.5 Å². The van der Waals surface area contributed by atoms with Crippen molar-refractivity contribution in [2.45, 2.75) is 19.4 Å². The number of aliphatic carboxylic acids is 1. The zero-order valence-electron chi connectivity index (χ0n) is 8.55. The van der Waals surface area contributed by atoms with Gasteiger partial charge in [0.1, 0.15) is 5.75 Å². The van der Waals surface area contributed by atoms with Crippen LogP contribution in [0.25, 0.3) is 0 Å². The normalized spacial score (nSPS) is 11.3. The molecular formula is C10H9F3O3. The Balaban J connectivity index is 3.04. The Morgan fingerprint density at radius 1 is 1.25 bits per heavy atom. The summed E-state index contributed by atoms with van der Waals surface area (Å²) in [5.41, 5.74) is -1.66. The average molecular weight is 234 g/mol. The highest BCUT2D eigenvalue weighted by Gasteiger charge is 2.30. The van der Waals surface area contributed by atoms with Gasteiger partial charge in [0.05, 0.1) is 0 Å². The predicted octanol–water partition coefficient (Wildman–Crippen LogP) is 2.35. The molecule has 0 aromatic heterocycles. The maximum Gasteiger partial charge on any atom is 0.347 e. The number of benzene rings is 1. The summed E-state index contributed by atoms with van der Waals surface area (Å²) in [7, 11) is 0. The quantitative estimate of drug-likeness (QED) is 0.816. The van der Waals surface area contributed by atoms with Crippen molar-refractivity contribution in [3.8, 4) is 5.75 Å². The molecule has 0 saturated carbocycles. The van der Waals surface area contributed by atoms with Crippen LogP contribution in [0.5, 0.6) is 5.75 Å². The summed E-state index contributed by atoms with van der Waals surface area (Å²) >= 11 is 0. The molecule has 16 heavy (non-hydrogen) atoms. The van der Waals surface area contributed by atoms with E-state index in [1.54, 1.807) is 0 Å². The summed E-state index contributed by atoms with van der Waals surface area (Å²) in [5.74, 6) is -6.19. The maximum atomic E-state index is 12.8. The van der Waals surface area contributed by atoms with Gasteiger partial charge in [-0.25, -0.2) is 18.0 Å². The van der Waals surface area contributed by atoms with Crippen molar-refractivity contribution in [2.75, 3.05) is 0 Å². The maximum absolute atomic E-state index is 12.8. The van der Waals surface area contributed by atoms with Crippen molar-refractivity contribution in [1.29, 1.82) is 0 Å². The van der Waals surface area contributed by atoms with E-state index in [9.17, 15) is 18.0 Å². The van der Waals surface area contributed by atoms with Crippen LogP contribution >= 0.6 is 0 Å². The second-order valence-electron chi connectivity index (χ2n) is 3.62. The van der Waals surface area contributed by atoms with Crippen molar-refractivity contribution >= 4 is 5.97 Å². The van der Waals surface area contributed by atoms with E-state index < -0.39 is 29.0 Å². The molecule has 1 aromatic carbocycles. The molecule has 0 bridgehead atoms. The van der Waals surface area contributed by atoms with Gasteiger partial charge in [-0.05, 0) is 13.8 Å². The number of carboxylic acids is 1. The summed E-state index contributed by atoms with van der Waals surface area (Å²) in [6.07, 6.45) is 0. The Hall–Kier alpha value is -1.72. The Morgan fingerprint density at radius 2 is 1.69 bits per heavy atom. The van der Waals surface area contributed by atoms with E-state index in [-0.39, 0.29) is 5.75 Å². The molecule has 88 valence electrons. The molecule has 1 aromatic rings. The molecule has 0 aliphatic rings. The van der Waals surface area contributed by atoms with Gasteiger partial charge in [-0.3, -0.25) is 0 Å². The van der Waals surface area contributed by atoms with Crippen LogP contribution in [0.15, 0.2) is 12.1 Å². The molecular weight excluding hydrogens is 225 g/mol. The fourth-order valence-electron chi connectivity index (χ4n) is 0.929. The van der Waals surface area contributed by atoms with Crippen molar-refractivity contribution < 1.29 is 27.8 Å². The van der Waals surface area contributed by atoms with Gasteiger partial charge in [-0.15, -0.1) is 0 Å². The SMILES string of the molecule is CC(C)(Oc1cc(F)c(F)c(F)c1)C(=O)O. The minimum absolute atomic E-state index is 0.385. The number of hydrogen-bond donors (Lipinski definition) is 1. The first-order valence-electron chi connectivity index (χ1n) is 4.31. The van der Waals surface area contributed by atoms with Crippen molar-refractivity contribution in [3.05, 3.63) is 29.6 Å². The fraction of sp³-hybridized carbons (Fsp3) is 0.300. The van der Waals surface area contributed by atoms with E-state index in [0.717, 1.165) is 0 Å². The molecule has 6 heteroatoms. The molecule has 0 heterocycles. The summed E-state index contributed by atoms with van der Waals surface area (Å²) < 4.78 is 43.0. The number of ether oxygens (including phenoxy) is 1. The van der Waals surface area contributed by atoms with Crippen LogP contribution in [-0.2, 0) is 4.79 Å². The van der Waals surface area contributed by atoms with E-state index >= 15 is 0 Å². The van der Waals surface area contributed by atoms with Crippen LogP contribution in [0.3, 0.4) is 0 Å². The smallest absolute Gasteiger partial charge is 0.347 e. The van der Waals surface area contributed by atoms with E-state index in [1.165, 1.54) is 13.8 Å². The lowest BCUT2D eigenvalue weighted by molar-refractivity contribution is -0.152. The third kappa shape index (κ3) is 2.44. The molecule has 0 fully saturated rings. The minimum atomic E-state index is -1.66. The first-order chi connectivity index (χ1) is 7.24. The summed E-state index contributed by atoms with van der Waals surface area (Å²) in [5, 5.41) is 8.71. The van der Waals surface area contributed by atoms with Crippen molar-refractivity contribution in [3.63, 3.8) is 0 Å². The third-order valence-corrected chi connectivity index (χ3v) is 1.85. The molecule has 0 radical (unpaired) electrons. The molecule has 0 aliphatic heterocycles. The summed E-state index contributed by atoms with van der Waals surface area (Å²) in [6.45, 7) is 2.41. The van der Waals surface area contributed by atoms with Crippen molar-refractivity contribution in [1.82, 2.24) is 0 Å². The molecule has 0 atom stereocenters. The van der Waals surface area contributed by atoms with Gasteiger partial charge in [-0.1, -0.05) is 0 Å². The first kappa shape index (κ1) is 12.4. The second-order valence-corrected chi connectivity index (χ2v) is 3.62. The molecule has 0 unspecified atom stereocenters. The Bertz CT molecular complexity index is 406. The highest BCUT2D eigenvalue weighted by Crippen LogP contribution is 2.23. The van der Waals surface area contributed by atoms with Crippen LogP contribution in [0.4, 0.5) is 13.2 Å². The van der Waals surface area contributed by atoms with Crippen LogP contribution in [-0.4, -0.2) is 16.7 Å². The monoisotopic (exact) mass is 234 g/mol. The number of carboxylic acid groups (broad SMARTS) is 1. The van der Waals surface area contributed by atoms with Gasteiger partial charge in [0.2, 0.25) is 0 Å². The van der Waals surface area contributed by atoms with Gasteiger partial charge in [0, 0.05) is 12.1 Å². The zero-order chi connectivity index (χ0) is 12.5. The highest BCUT2D eigenvalue weighted by atomic mass is 19.2. The average Bonchev–Trinajstić information content (AvgIpc) is 2.13. The van der Waals surface area contributed by atoms with Gasteiger partial charge in [0.25, 0.3) is 0 Å². The van der Waals surface area contributed by atoms with E-state index in [2.05, 4.69) is 0 Å². The van der Waals surface area contributed by atoms with Gasteiger partial charge in [-0.2, -0.15) is 0 Å². The van der Waals surface area contributed by atoms with Crippen LogP contribution in [0.2, 0.25) is 0 Å². The lowest BCUT2D eigenvalue weighted by atomic mass is 10.1. The topological polar surface area (TPSA) is 46.5 Å². The Morgan fingerprint density at radius 3 is 2.06 bits per heavy atom. The van der Waals surface area contributed by atoms with Crippen molar-refractivity contribution in [2.24, 2.45) is 0 Å². The van der Waals surface area contributed by atoms with Crippen LogP contribution in [0, 0.1) is 17.5 Å². The van der Waals surface area contributed by atoms with E-state index in [1.807, 2.05) is 0 Å². The molecule has 3 nitrogen and oxygen atoms in total. The van der Waals surface area contributed by atoms with Crippen LogP contribution in [0.1, 0.15) is 13.8 Å².